The number of hydrogen-bond acceptors (Lipinski definition) is 6. The summed E-state index contributed by atoms with van der Waals surface area (Å²) < 4.78 is 36.5. The van der Waals surface area contributed by atoms with Crippen molar-refractivity contribution in [3.05, 3.63) is 59.4 Å². The predicted octanol–water partition coefficient (Wildman–Crippen LogP) is 2.48. The highest BCUT2D eigenvalue weighted by Gasteiger charge is 2.29. The molecule has 0 saturated carbocycles. The third kappa shape index (κ3) is 3.96. The van der Waals surface area contributed by atoms with Gasteiger partial charge in [-0.05, 0) is 42.3 Å². The van der Waals surface area contributed by atoms with E-state index in [4.69, 9.17) is 9.15 Å². The van der Waals surface area contributed by atoms with Crippen molar-refractivity contribution in [1.29, 1.82) is 0 Å². The van der Waals surface area contributed by atoms with Crippen LogP contribution in [0.2, 0.25) is 0 Å². The average Bonchev–Trinajstić information content (AvgIpc) is 3.40. The van der Waals surface area contributed by atoms with Crippen LogP contribution in [-0.2, 0) is 21.2 Å². The molecule has 0 spiro atoms. The number of fused-ring (bicyclic) bond motifs is 2. The number of nitrogens with one attached hydrogen (secondary N) is 1. The Morgan fingerprint density at radius 3 is 2.55 bits per heavy atom. The SMILES string of the molecule is CS(=O)(=O)N1CCc2cc(C(=O)Nc3c(C(=O)N4CCOCC4)oc4ccccc34)ccc21. The highest BCUT2D eigenvalue weighted by atomic mass is 32.2. The Bertz CT molecular complexity index is 1360. The summed E-state index contributed by atoms with van der Waals surface area (Å²) in [6.45, 7) is 2.15. The number of rotatable bonds is 4. The molecule has 1 fully saturated rings. The van der Waals surface area contributed by atoms with Gasteiger partial charge in [-0.25, -0.2) is 8.42 Å². The maximum Gasteiger partial charge on any atom is 0.291 e. The number of hydrogen-bond donors (Lipinski definition) is 1. The molecule has 0 atom stereocenters. The largest absolute Gasteiger partial charge is 0.449 e. The fourth-order valence-corrected chi connectivity index (χ4v) is 5.23. The summed E-state index contributed by atoms with van der Waals surface area (Å²) in [7, 11) is -3.37. The van der Waals surface area contributed by atoms with Crippen molar-refractivity contribution in [2.75, 3.05) is 48.7 Å². The molecule has 2 aliphatic heterocycles. The van der Waals surface area contributed by atoms with Gasteiger partial charge >= 0.3 is 0 Å². The van der Waals surface area contributed by atoms with E-state index in [9.17, 15) is 18.0 Å². The van der Waals surface area contributed by atoms with Gasteiger partial charge < -0.3 is 19.4 Å². The molecule has 2 aliphatic rings. The maximum absolute atomic E-state index is 13.2. The predicted molar refractivity (Wildman–Crippen MR) is 123 cm³/mol. The zero-order chi connectivity index (χ0) is 23.2. The van der Waals surface area contributed by atoms with Crippen LogP contribution in [0.3, 0.4) is 0 Å². The maximum atomic E-state index is 13.2. The lowest BCUT2D eigenvalue weighted by molar-refractivity contribution is 0.0285. The fourth-order valence-electron chi connectivity index (χ4n) is 4.27. The molecule has 5 rings (SSSR count). The minimum absolute atomic E-state index is 0.0795. The van der Waals surface area contributed by atoms with Crippen LogP contribution in [-0.4, -0.2) is 64.2 Å². The van der Waals surface area contributed by atoms with Gasteiger partial charge in [0.15, 0.2) is 0 Å². The van der Waals surface area contributed by atoms with Crippen LogP contribution in [0.15, 0.2) is 46.9 Å². The van der Waals surface area contributed by atoms with E-state index < -0.39 is 15.9 Å². The summed E-state index contributed by atoms with van der Waals surface area (Å²) in [5.41, 5.74) is 2.58. The number of sulfonamides is 1. The average molecular weight is 470 g/mol. The zero-order valence-electron chi connectivity index (χ0n) is 18.0. The fraction of sp³-hybridized carbons (Fsp3) is 0.304. The lowest BCUT2D eigenvalue weighted by Crippen LogP contribution is -2.40. The van der Waals surface area contributed by atoms with E-state index in [1.807, 2.05) is 6.07 Å². The lowest BCUT2D eigenvalue weighted by Gasteiger charge is -2.26. The van der Waals surface area contributed by atoms with Crippen LogP contribution in [0, 0.1) is 0 Å². The topological polar surface area (TPSA) is 109 Å². The normalized spacial score (nSPS) is 16.2. The number of benzene rings is 2. The first-order valence-corrected chi connectivity index (χ1v) is 12.5. The summed E-state index contributed by atoms with van der Waals surface area (Å²) in [6, 6.07) is 12.1. The summed E-state index contributed by atoms with van der Waals surface area (Å²) in [5, 5.41) is 3.49. The van der Waals surface area contributed by atoms with Gasteiger partial charge in [0.25, 0.3) is 11.8 Å². The van der Waals surface area contributed by atoms with E-state index in [0.29, 0.717) is 67.2 Å². The molecule has 1 N–H and O–H groups in total. The number of anilines is 2. The number of furan rings is 1. The molecule has 3 heterocycles. The van der Waals surface area contributed by atoms with Crippen molar-refractivity contribution in [3.63, 3.8) is 0 Å². The number of amides is 2. The number of ether oxygens (including phenoxy) is 1. The van der Waals surface area contributed by atoms with E-state index in [2.05, 4.69) is 5.32 Å². The molecule has 10 heteroatoms. The first kappa shape index (κ1) is 21.5. The number of morpholine rings is 1. The van der Waals surface area contributed by atoms with Gasteiger partial charge in [0, 0.05) is 30.6 Å². The van der Waals surface area contributed by atoms with Crippen LogP contribution in [0.1, 0.15) is 26.5 Å². The van der Waals surface area contributed by atoms with E-state index in [-0.39, 0.29) is 11.7 Å². The molecule has 1 saturated heterocycles. The second-order valence-electron chi connectivity index (χ2n) is 8.09. The van der Waals surface area contributed by atoms with Gasteiger partial charge in [0.05, 0.1) is 25.2 Å². The minimum atomic E-state index is -3.37. The first-order valence-electron chi connectivity index (χ1n) is 10.6. The highest BCUT2D eigenvalue weighted by Crippen LogP contribution is 2.34. The first-order chi connectivity index (χ1) is 15.8. The van der Waals surface area contributed by atoms with Crippen LogP contribution >= 0.6 is 0 Å². The third-order valence-electron chi connectivity index (χ3n) is 5.92. The van der Waals surface area contributed by atoms with Crippen molar-refractivity contribution in [1.82, 2.24) is 4.90 Å². The molecule has 0 radical (unpaired) electrons. The number of nitrogens with zero attached hydrogens (tertiary/aromatic N) is 2. The quantitative estimate of drug-likeness (QED) is 0.629. The van der Waals surface area contributed by atoms with Crippen LogP contribution < -0.4 is 9.62 Å². The Morgan fingerprint density at radius 2 is 1.79 bits per heavy atom. The molecule has 33 heavy (non-hydrogen) atoms. The van der Waals surface area contributed by atoms with Crippen molar-refractivity contribution in [2.24, 2.45) is 0 Å². The summed E-state index contributed by atoms with van der Waals surface area (Å²) in [5.74, 6) is -0.628. The molecule has 172 valence electrons. The standard InChI is InChI=1S/C23H23N3O6S/c1-33(29,30)26-9-8-15-14-16(6-7-18(15)26)22(27)24-20-17-4-2-3-5-19(17)32-21(20)23(28)25-10-12-31-13-11-25/h2-7,14H,8-13H2,1H3,(H,24,27). The smallest absolute Gasteiger partial charge is 0.291 e. The molecular formula is C23H23N3O6S. The summed E-state index contributed by atoms with van der Waals surface area (Å²) >= 11 is 0. The van der Waals surface area contributed by atoms with E-state index in [0.717, 1.165) is 5.56 Å². The molecule has 0 bridgehead atoms. The Balaban J connectivity index is 1.47. The zero-order valence-corrected chi connectivity index (χ0v) is 18.9. The molecule has 9 nitrogen and oxygen atoms in total. The van der Waals surface area contributed by atoms with E-state index in [1.54, 1.807) is 41.3 Å². The van der Waals surface area contributed by atoms with Gasteiger partial charge in [0.1, 0.15) is 11.3 Å². The van der Waals surface area contributed by atoms with Gasteiger partial charge in [-0.1, -0.05) is 12.1 Å². The second-order valence-corrected chi connectivity index (χ2v) is 10.00. The van der Waals surface area contributed by atoms with Crippen molar-refractivity contribution < 1.29 is 27.2 Å². The second kappa shape index (κ2) is 8.20. The Labute approximate surface area is 191 Å². The van der Waals surface area contributed by atoms with Gasteiger partial charge in [-0.15, -0.1) is 0 Å². The Hall–Kier alpha value is -3.37. The van der Waals surface area contributed by atoms with Crippen molar-refractivity contribution in [2.45, 2.75) is 6.42 Å². The van der Waals surface area contributed by atoms with Gasteiger partial charge in [0.2, 0.25) is 15.8 Å². The van der Waals surface area contributed by atoms with Crippen LogP contribution in [0.4, 0.5) is 11.4 Å². The highest BCUT2D eigenvalue weighted by molar-refractivity contribution is 7.92. The van der Waals surface area contributed by atoms with Gasteiger partial charge in [-0.3, -0.25) is 13.9 Å². The molecule has 2 aromatic carbocycles. The molecule has 3 aromatic rings. The van der Waals surface area contributed by atoms with Gasteiger partial charge in [-0.2, -0.15) is 0 Å². The molecular weight excluding hydrogens is 446 g/mol. The van der Waals surface area contributed by atoms with Crippen LogP contribution in [0.5, 0.6) is 0 Å². The summed E-state index contributed by atoms with van der Waals surface area (Å²) in [6.07, 6.45) is 1.69. The molecule has 1 aromatic heterocycles. The minimum Gasteiger partial charge on any atom is -0.449 e. The van der Waals surface area contributed by atoms with Crippen molar-refractivity contribution in [3.8, 4) is 0 Å². The molecule has 0 aliphatic carbocycles. The number of para-hydroxylation sites is 1. The van der Waals surface area contributed by atoms with Crippen molar-refractivity contribution >= 4 is 44.2 Å². The van der Waals surface area contributed by atoms with E-state index in [1.165, 1.54) is 10.6 Å². The monoisotopic (exact) mass is 469 g/mol. The Kier molecular flexibility index (Phi) is 5.34. The Morgan fingerprint density at radius 1 is 1.03 bits per heavy atom. The van der Waals surface area contributed by atoms with Crippen LogP contribution in [0.25, 0.3) is 11.0 Å². The number of carbonyl (C=O) groups is 2. The molecule has 2 amide bonds. The molecule has 0 unspecified atom stereocenters. The van der Waals surface area contributed by atoms with E-state index >= 15 is 0 Å². The lowest BCUT2D eigenvalue weighted by atomic mass is 10.1. The third-order valence-corrected chi connectivity index (χ3v) is 7.10. The summed E-state index contributed by atoms with van der Waals surface area (Å²) in [4.78, 5) is 28.0. The number of carbonyl (C=O) groups excluding carboxylic acids is 2.